The second kappa shape index (κ2) is 24.4. The summed E-state index contributed by atoms with van der Waals surface area (Å²) in [6.45, 7) is 3.81. The molecule has 0 saturated carbocycles. The molecule has 0 aromatic rings. The van der Waals surface area contributed by atoms with Crippen LogP contribution in [0.1, 0.15) is 71.1 Å². The summed E-state index contributed by atoms with van der Waals surface area (Å²) in [6.07, 6.45) is 12.0. The number of rotatable bonds is 16. The Morgan fingerprint density at radius 1 is 0.690 bits per heavy atom. The van der Waals surface area contributed by atoms with Crippen LogP contribution in [0, 0.1) is 0 Å². The smallest absolute Gasteiger partial charge is 0.395 e. The van der Waals surface area contributed by atoms with Crippen LogP contribution in [-0.4, -0.2) is 67.6 Å². The molecule has 0 aliphatic carbocycles. The lowest BCUT2D eigenvalue weighted by molar-refractivity contribution is 0.193. The summed E-state index contributed by atoms with van der Waals surface area (Å²) >= 11 is 0. The molecular weight excluding hydrogens is 428 g/mol. The van der Waals surface area contributed by atoms with Crippen molar-refractivity contribution in [3.63, 3.8) is 0 Å². The van der Waals surface area contributed by atoms with Gasteiger partial charge in [-0.3, -0.25) is 4.52 Å². The molecule has 29 heavy (non-hydrogen) atoms. The number of phosphoric ester groups is 1. The van der Waals surface area contributed by atoms with Gasteiger partial charge < -0.3 is 40.0 Å². The fourth-order valence-electron chi connectivity index (χ4n) is 2.06. The largest absolute Gasteiger partial charge is 0.469 e. The van der Waals surface area contributed by atoms with Crippen molar-refractivity contribution >= 4 is 15.6 Å². The molecule has 0 atom stereocenters. The van der Waals surface area contributed by atoms with Gasteiger partial charge in [0.1, 0.15) is 0 Å². The maximum Gasteiger partial charge on any atom is 0.469 e. The van der Waals surface area contributed by atoms with Crippen LogP contribution in [0.25, 0.3) is 0 Å². The monoisotopic (exact) mass is 469 g/mol. The number of nitrogens with one attached hydrogen (secondary N) is 1. The highest BCUT2D eigenvalue weighted by atomic mass is 31.2. The minimum Gasteiger partial charge on any atom is -0.395 e. The number of unbranched alkanes of at least 4 members (excludes halogenated alkanes) is 9. The summed E-state index contributed by atoms with van der Waals surface area (Å²) in [5, 5.41) is 19.1. The van der Waals surface area contributed by atoms with E-state index in [1.807, 2.05) is 0 Å². The van der Waals surface area contributed by atoms with Crippen molar-refractivity contribution < 1.29 is 48.3 Å². The van der Waals surface area contributed by atoms with Crippen LogP contribution >= 0.6 is 15.6 Å². The topological polar surface area (TPSA) is 197 Å². The molecule has 0 bridgehead atoms. The summed E-state index contributed by atoms with van der Waals surface area (Å²) in [5.41, 5.74) is 0. The van der Waals surface area contributed by atoms with E-state index in [0.29, 0.717) is 13.1 Å². The van der Waals surface area contributed by atoms with E-state index in [2.05, 4.69) is 16.8 Å². The minimum atomic E-state index is -4.64. The summed E-state index contributed by atoms with van der Waals surface area (Å²) in [6, 6.07) is 0. The number of aliphatic hydroxyl groups excluding tert-OH is 2. The predicted octanol–water partition coefficient (Wildman–Crippen LogP) is 1.65. The Labute approximate surface area is 174 Å². The zero-order valence-corrected chi connectivity index (χ0v) is 19.1. The van der Waals surface area contributed by atoms with Gasteiger partial charge in [-0.05, 0) is 6.42 Å². The Hall–Kier alpha value is 0.100. The Kier molecular flexibility index (Phi) is 28.3. The number of phosphoric acid groups is 2. The van der Waals surface area contributed by atoms with E-state index in [1.165, 1.54) is 44.9 Å². The molecule has 0 fully saturated rings. The molecule has 8 N–H and O–H groups in total. The molecular formula is C16H41NO10P2. The number of hydrogen-bond acceptors (Lipinski definition) is 6. The van der Waals surface area contributed by atoms with Gasteiger partial charge in [0.05, 0.1) is 19.8 Å². The van der Waals surface area contributed by atoms with Crippen molar-refractivity contribution in [1.29, 1.82) is 0 Å². The van der Waals surface area contributed by atoms with Crippen LogP contribution in [0.4, 0.5) is 0 Å². The average Bonchev–Trinajstić information content (AvgIpc) is 2.58. The molecule has 0 rings (SSSR count). The first-order valence-corrected chi connectivity index (χ1v) is 13.0. The van der Waals surface area contributed by atoms with E-state index in [1.54, 1.807) is 0 Å². The molecule has 0 unspecified atom stereocenters. The van der Waals surface area contributed by atoms with Crippen molar-refractivity contribution in [3.8, 4) is 0 Å². The van der Waals surface area contributed by atoms with Gasteiger partial charge in [-0.2, -0.15) is 0 Å². The van der Waals surface area contributed by atoms with Crippen LogP contribution in [0.15, 0.2) is 0 Å². The van der Waals surface area contributed by atoms with Crippen molar-refractivity contribution in [2.45, 2.75) is 71.1 Å². The Balaban J connectivity index is -0.000000461. The average molecular weight is 469 g/mol. The lowest BCUT2D eigenvalue weighted by Crippen LogP contribution is -2.21. The number of hydrogen-bond donors (Lipinski definition) is 8. The van der Waals surface area contributed by atoms with E-state index in [9.17, 15) is 4.57 Å². The minimum absolute atomic E-state index is 0.139. The molecule has 0 aliphatic rings. The van der Waals surface area contributed by atoms with Crippen molar-refractivity contribution in [2.24, 2.45) is 0 Å². The molecule has 0 aromatic carbocycles. The maximum absolute atomic E-state index is 10.4. The first kappa shape index (κ1) is 33.7. The van der Waals surface area contributed by atoms with Gasteiger partial charge in [0, 0.05) is 13.1 Å². The maximum atomic E-state index is 10.4. The first-order chi connectivity index (χ1) is 13.5. The molecule has 0 radical (unpaired) electrons. The van der Waals surface area contributed by atoms with E-state index >= 15 is 0 Å². The van der Waals surface area contributed by atoms with Gasteiger partial charge in [-0.15, -0.1) is 0 Å². The van der Waals surface area contributed by atoms with E-state index in [-0.39, 0.29) is 19.8 Å². The Morgan fingerprint density at radius 3 is 1.34 bits per heavy atom. The van der Waals surface area contributed by atoms with Crippen molar-refractivity contribution in [1.82, 2.24) is 5.32 Å². The van der Waals surface area contributed by atoms with Crippen LogP contribution in [0.2, 0.25) is 0 Å². The van der Waals surface area contributed by atoms with Crippen LogP contribution in [-0.2, 0) is 13.7 Å². The lowest BCUT2D eigenvalue weighted by Gasteiger charge is -2.05. The van der Waals surface area contributed by atoms with E-state index in [0.717, 1.165) is 19.3 Å². The normalized spacial score (nSPS) is 11.3. The quantitative estimate of drug-likeness (QED) is 0.121. The van der Waals surface area contributed by atoms with E-state index < -0.39 is 15.6 Å². The predicted molar refractivity (Wildman–Crippen MR) is 111 cm³/mol. The van der Waals surface area contributed by atoms with Gasteiger partial charge in [0.15, 0.2) is 0 Å². The molecule has 0 amide bonds. The van der Waals surface area contributed by atoms with Gasteiger partial charge in [0.2, 0.25) is 0 Å². The third-order valence-corrected chi connectivity index (χ3v) is 3.85. The third kappa shape index (κ3) is 58.4. The third-order valence-electron chi connectivity index (χ3n) is 3.33. The Morgan fingerprint density at radius 2 is 1.03 bits per heavy atom. The number of aliphatic hydroxyl groups is 2. The molecule has 0 aromatic heterocycles. The fraction of sp³-hybridized carbons (Fsp3) is 1.00. The van der Waals surface area contributed by atoms with Gasteiger partial charge in [-0.1, -0.05) is 64.7 Å². The highest BCUT2D eigenvalue weighted by Gasteiger charge is 2.12. The molecule has 0 saturated heterocycles. The summed E-state index contributed by atoms with van der Waals surface area (Å²) in [7, 11) is -8.88. The summed E-state index contributed by atoms with van der Waals surface area (Å²) in [4.78, 5) is 38.5. The van der Waals surface area contributed by atoms with Crippen LogP contribution in [0.5, 0.6) is 0 Å². The molecule has 0 spiro atoms. The molecule has 0 aliphatic heterocycles. The molecule has 11 nitrogen and oxygen atoms in total. The standard InChI is InChI=1S/C12H27O4P.C4H11NO2.H3O4P/c1-2-3-4-5-6-7-8-9-10-11-12-16-17(13,14)15;6-3-1-5-2-4-7;1-5(2,3)4/h2-12H2,1H3,(H2,13,14,15);5-7H,1-4H2;(H3,1,2,3,4). The van der Waals surface area contributed by atoms with Gasteiger partial charge in [-0.25, -0.2) is 9.13 Å². The second-order valence-corrected chi connectivity index (χ2v) is 8.48. The molecule has 180 valence electrons. The van der Waals surface area contributed by atoms with Crippen LogP contribution < -0.4 is 5.32 Å². The van der Waals surface area contributed by atoms with Gasteiger partial charge >= 0.3 is 15.6 Å². The van der Waals surface area contributed by atoms with E-state index in [4.69, 9.17) is 39.2 Å². The zero-order chi connectivity index (χ0) is 23.0. The second-order valence-electron chi connectivity index (χ2n) is 6.22. The fourth-order valence-corrected chi connectivity index (χ4v) is 2.42. The SMILES string of the molecule is CCCCCCCCCCCCOP(=O)(O)O.O=P(O)(O)O.OCCNCCO. The summed E-state index contributed by atoms with van der Waals surface area (Å²) < 4.78 is 23.6. The Bertz CT molecular complexity index is 391. The van der Waals surface area contributed by atoms with Crippen molar-refractivity contribution in [3.05, 3.63) is 0 Å². The molecule has 13 heteroatoms. The highest BCUT2D eigenvalue weighted by molar-refractivity contribution is 7.46. The van der Waals surface area contributed by atoms with Gasteiger partial charge in [0.25, 0.3) is 0 Å². The zero-order valence-electron chi connectivity index (χ0n) is 17.4. The van der Waals surface area contributed by atoms with Crippen molar-refractivity contribution in [2.75, 3.05) is 32.9 Å². The van der Waals surface area contributed by atoms with Crippen LogP contribution in [0.3, 0.4) is 0 Å². The highest BCUT2D eigenvalue weighted by Crippen LogP contribution is 2.35. The first-order valence-electron chi connectivity index (χ1n) is 9.88. The lowest BCUT2D eigenvalue weighted by atomic mass is 10.1. The summed E-state index contributed by atoms with van der Waals surface area (Å²) in [5.74, 6) is 0. The molecule has 0 heterocycles.